The Morgan fingerprint density at radius 3 is 2.18 bits per heavy atom. The lowest BCUT2D eigenvalue weighted by Gasteiger charge is -2.23. The highest BCUT2D eigenvalue weighted by Gasteiger charge is 2.31. The molecule has 0 spiro atoms. The van der Waals surface area contributed by atoms with Crippen LogP contribution >= 0.6 is 0 Å². The number of aliphatic hydroxyl groups is 1. The molecule has 0 bridgehead atoms. The topological polar surface area (TPSA) is 231 Å². The van der Waals surface area contributed by atoms with E-state index in [0.717, 1.165) is 16.5 Å². The number of benzene rings is 1. The van der Waals surface area contributed by atoms with E-state index in [-0.39, 0.29) is 6.42 Å². The van der Waals surface area contributed by atoms with Crippen LogP contribution in [0.25, 0.3) is 10.9 Å². The predicted molar refractivity (Wildman–Crippen MR) is 119 cm³/mol. The number of hydrogen-bond acceptors (Lipinski definition) is 6. The molecule has 0 saturated heterocycles. The molecule has 2 aromatic rings. The second-order valence-electron chi connectivity index (χ2n) is 7.84. The Bertz CT molecular complexity index is 1070. The third-order valence-electron chi connectivity index (χ3n) is 5.01. The lowest BCUT2D eigenvalue weighted by Crippen LogP contribution is -2.67. The Kier molecular flexibility index (Phi) is 9.10. The smallest absolute Gasteiger partial charge is 0.328 e. The molecule has 0 fully saturated rings. The fourth-order valence-electron chi connectivity index (χ4n) is 3.18. The zero-order chi connectivity index (χ0) is 25.4. The van der Waals surface area contributed by atoms with Crippen molar-refractivity contribution in [2.24, 2.45) is 5.73 Å². The van der Waals surface area contributed by atoms with Crippen molar-refractivity contribution in [1.29, 1.82) is 0 Å². The number of aromatic nitrogens is 1. The number of carbonyl (C=O) groups excluding carboxylic acids is 4. The number of carboxylic acids is 1. The monoisotopic (exact) mass is 477 g/mol. The van der Waals surface area contributed by atoms with Crippen LogP contribution in [0.15, 0.2) is 30.5 Å². The summed E-state index contributed by atoms with van der Waals surface area (Å²) < 4.78 is 0. The van der Waals surface area contributed by atoms with E-state index in [1.807, 2.05) is 29.6 Å². The number of nitrogens with two attached hydrogens (primary N) is 1. The van der Waals surface area contributed by atoms with Crippen molar-refractivity contribution in [3.8, 4) is 0 Å². The van der Waals surface area contributed by atoms with Gasteiger partial charge in [-0.25, -0.2) is 4.79 Å². The minimum absolute atomic E-state index is 0.0492. The van der Waals surface area contributed by atoms with Gasteiger partial charge in [-0.1, -0.05) is 18.2 Å². The Balaban J connectivity index is 2.27. The molecule has 13 nitrogen and oxygen atoms in total. The molecule has 0 unspecified atom stereocenters. The molecule has 11 N–H and O–H groups in total. The zero-order valence-electron chi connectivity index (χ0n) is 18.5. The maximum atomic E-state index is 13.1. The average molecular weight is 477 g/mol. The molecule has 0 aliphatic heterocycles. The summed E-state index contributed by atoms with van der Waals surface area (Å²) in [5, 5.41) is 25.9. The fraction of sp³-hybridized carbons (Fsp3) is 0.381. The van der Waals surface area contributed by atoms with Gasteiger partial charge in [0.1, 0.15) is 18.1 Å². The van der Waals surface area contributed by atoms with E-state index in [0.29, 0.717) is 0 Å². The van der Waals surface area contributed by atoms with Gasteiger partial charge in [0.05, 0.1) is 13.0 Å². The number of carboxylic acid groups (broad SMARTS) is 1. The summed E-state index contributed by atoms with van der Waals surface area (Å²) in [5.74, 6) is -4.77. The maximum absolute atomic E-state index is 13.1. The minimum Gasteiger partial charge on any atom is -0.480 e. The Morgan fingerprint density at radius 2 is 1.59 bits per heavy atom. The SMILES string of the molecule is C[C@H]([NH3+])C(=O)N[C@@H](Cc1c[nH]c2ccccc12)C(=O)N[C@@H](CC(N)=O)C(=O)N[C@@H](CO)C(=O)O. The van der Waals surface area contributed by atoms with Gasteiger partial charge in [0.2, 0.25) is 17.7 Å². The quantitative estimate of drug-likeness (QED) is 0.155. The van der Waals surface area contributed by atoms with Gasteiger partial charge in [0.25, 0.3) is 5.91 Å². The molecule has 0 aliphatic carbocycles. The highest BCUT2D eigenvalue weighted by atomic mass is 16.4. The van der Waals surface area contributed by atoms with Gasteiger partial charge < -0.3 is 42.6 Å². The number of aliphatic carboxylic acids is 1. The van der Waals surface area contributed by atoms with E-state index in [2.05, 4.69) is 21.4 Å². The number of para-hydroxylation sites is 1. The van der Waals surface area contributed by atoms with Gasteiger partial charge in [-0.05, 0) is 18.6 Å². The van der Waals surface area contributed by atoms with E-state index in [1.165, 1.54) is 0 Å². The Hall–Kier alpha value is -3.97. The van der Waals surface area contributed by atoms with Gasteiger partial charge in [0.15, 0.2) is 6.04 Å². The summed E-state index contributed by atoms with van der Waals surface area (Å²) in [6, 6.07) is 2.34. The van der Waals surface area contributed by atoms with E-state index in [9.17, 15) is 24.0 Å². The summed E-state index contributed by atoms with van der Waals surface area (Å²) in [6.45, 7) is 0.638. The van der Waals surface area contributed by atoms with Crippen molar-refractivity contribution in [2.45, 2.75) is 43.9 Å². The molecule has 184 valence electrons. The first-order valence-corrected chi connectivity index (χ1v) is 10.4. The average Bonchev–Trinajstić information content (AvgIpc) is 3.18. The second-order valence-corrected chi connectivity index (χ2v) is 7.84. The molecule has 0 saturated carbocycles. The number of fused-ring (bicyclic) bond motifs is 1. The molecule has 4 amide bonds. The number of hydrogen-bond donors (Lipinski definition) is 8. The van der Waals surface area contributed by atoms with Crippen LogP contribution in [0.2, 0.25) is 0 Å². The fourth-order valence-corrected chi connectivity index (χ4v) is 3.18. The van der Waals surface area contributed by atoms with E-state index in [4.69, 9.17) is 15.9 Å². The largest absolute Gasteiger partial charge is 0.480 e. The summed E-state index contributed by atoms with van der Waals surface area (Å²) in [6.07, 6.45) is 1.11. The van der Waals surface area contributed by atoms with Crippen molar-refractivity contribution in [3.63, 3.8) is 0 Å². The number of aliphatic hydroxyl groups excluding tert-OH is 1. The first kappa shape index (κ1) is 26.3. The number of primary amides is 1. The molecule has 4 atom stereocenters. The Morgan fingerprint density at radius 1 is 1.00 bits per heavy atom. The van der Waals surface area contributed by atoms with Gasteiger partial charge in [-0.2, -0.15) is 0 Å². The van der Waals surface area contributed by atoms with Crippen molar-refractivity contribution >= 4 is 40.5 Å². The summed E-state index contributed by atoms with van der Waals surface area (Å²) in [5.41, 5.74) is 10.4. The highest BCUT2D eigenvalue weighted by molar-refractivity contribution is 5.96. The second kappa shape index (κ2) is 11.8. The van der Waals surface area contributed by atoms with Crippen LogP contribution in [0.5, 0.6) is 0 Å². The molecule has 34 heavy (non-hydrogen) atoms. The molecule has 1 heterocycles. The van der Waals surface area contributed by atoms with E-state index in [1.54, 1.807) is 13.1 Å². The first-order chi connectivity index (χ1) is 16.0. The lowest BCUT2D eigenvalue weighted by atomic mass is 10.0. The normalized spacial score (nSPS) is 14.4. The number of quaternary nitrogens is 1. The number of carbonyl (C=O) groups is 5. The van der Waals surface area contributed by atoms with Crippen molar-refractivity contribution in [2.75, 3.05) is 6.61 Å². The van der Waals surface area contributed by atoms with Crippen LogP contribution in [0.1, 0.15) is 18.9 Å². The van der Waals surface area contributed by atoms with Gasteiger partial charge in [-0.15, -0.1) is 0 Å². The highest BCUT2D eigenvalue weighted by Crippen LogP contribution is 2.19. The molecule has 1 aromatic heterocycles. The Labute approximate surface area is 194 Å². The predicted octanol–water partition coefficient (Wildman–Crippen LogP) is -3.25. The summed E-state index contributed by atoms with van der Waals surface area (Å²) in [4.78, 5) is 63.6. The van der Waals surface area contributed by atoms with Gasteiger partial charge >= 0.3 is 5.97 Å². The van der Waals surface area contributed by atoms with Crippen molar-refractivity contribution in [1.82, 2.24) is 20.9 Å². The zero-order valence-corrected chi connectivity index (χ0v) is 18.5. The van der Waals surface area contributed by atoms with Crippen molar-refractivity contribution < 1.29 is 39.9 Å². The number of amides is 4. The van der Waals surface area contributed by atoms with Gasteiger partial charge in [0, 0.05) is 23.5 Å². The minimum atomic E-state index is -1.64. The number of H-pyrrole nitrogens is 1. The third kappa shape index (κ3) is 7.02. The van der Waals surface area contributed by atoms with Crippen LogP contribution in [0.4, 0.5) is 0 Å². The lowest BCUT2D eigenvalue weighted by molar-refractivity contribution is -0.398. The molecular weight excluding hydrogens is 448 g/mol. The molecule has 0 aliphatic rings. The number of nitrogens with one attached hydrogen (secondary N) is 4. The van der Waals surface area contributed by atoms with Crippen LogP contribution in [-0.2, 0) is 30.4 Å². The van der Waals surface area contributed by atoms with E-state index >= 15 is 0 Å². The van der Waals surface area contributed by atoms with E-state index < -0.39 is 66.8 Å². The number of rotatable bonds is 12. The van der Waals surface area contributed by atoms with Gasteiger partial charge in [-0.3, -0.25) is 19.2 Å². The standard InChI is InChI=1S/C21H28N6O7/c1-10(22)18(30)25-14(6-11-8-24-13-5-3-2-4-12(11)13)19(31)26-15(7-17(23)29)20(32)27-16(9-28)21(33)34/h2-5,8,10,14-16,24,28H,6-7,9,22H2,1H3,(H2,23,29)(H,25,30)(H,26,31)(H,27,32)(H,33,34)/p+1/t10-,14-,15-,16-/m0/s1. The van der Waals surface area contributed by atoms with Crippen LogP contribution < -0.4 is 27.4 Å². The molecule has 0 radical (unpaired) electrons. The van der Waals surface area contributed by atoms with Crippen LogP contribution in [0, 0.1) is 0 Å². The maximum Gasteiger partial charge on any atom is 0.328 e. The van der Waals surface area contributed by atoms with Crippen LogP contribution in [-0.4, -0.2) is 75.6 Å². The first-order valence-electron chi connectivity index (χ1n) is 10.4. The molecule has 1 aromatic carbocycles. The molecular formula is C21H29N6O7+. The number of aromatic amines is 1. The van der Waals surface area contributed by atoms with Crippen LogP contribution in [0.3, 0.4) is 0 Å². The molecule has 2 rings (SSSR count). The third-order valence-corrected chi connectivity index (χ3v) is 5.01. The van der Waals surface area contributed by atoms with Crippen molar-refractivity contribution in [3.05, 3.63) is 36.0 Å². The summed E-state index contributed by atoms with van der Waals surface area (Å²) in [7, 11) is 0. The summed E-state index contributed by atoms with van der Waals surface area (Å²) >= 11 is 0. The molecule has 13 heteroatoms.